The molecule has 2 heterocycles. The van der Waals surface area contributed by atoms with Crippen molar-refractivity contribution in [2.45, 2.75) is 6.42 Å². The van der Waals surface area contributed by atoms with Crippen LogP contribution < -0.4 is 5.32 Å². The first-order valence-corrected chi connectivity index (χ1v) is 7.10. The standard InChI is InChI=1S/C16H13ClN4O/c17-14-7-6-13(11-18-14)21-9-8-15(20-21)19-16(22)10-12-4-2-1-3-5-12/h1-9,11H,10H2,(H,19,20,22). The van der Waals surface area contributed by atoms with Gasteiger partial charge < -0.3 is 5.32 Å². The average Bonchev–Trinajstić information content (AvgIpc) is 2.97. The molecule has 110 valence electrons. The number of amides is 1. The van der Waals surface area contributed by atoms with Gasteiger partial charge in [0.05, 0.1) is 18.3 Å². The van der Waals surface area contributed by atoms with E-state index in [-0.39, 0.29) is 5.91 Å². The zero-order valence-electron chi connectivity index (χ0n) is 11.6. The SMILES string of the molecule is O=C(Cc1ccccc1)Nc1ccn(-c2ccc(Cl)nc2)n1. The van der Waals surface area contributed by atoms with Crippen molar-refractivity contribution < 1.29 is 4.79 Å². The van der Waals surface area contributed by atoms with Crippen molar-refractivity contribution in [2.24, 2.45) is 0 Å². The molecule has 1 aromatic carbocycles. The van der Waals surface area contributed by atoms with Crippen LogP contribution in [0.5, 0.6) is 0 Å². The van der Waals surface area contributed by atoms with E-state index in [9.17, 15) is 4.79 Å². The predicted molar refractivity (Wildman–Crippen MR) is 85.1 cm³/mol. The van der Waals surface area contributed by atoms with Crippen molar-refractivity contribution in [3.05, 3.63) is 71.6 Å². The van der Waals surface area contributed by atoms with Gasteiger partial charge in [-0.25, -0.2) is 9.67 Å². The van der Waals surface area contributed by atoms with Gasteiger partial charge in [-0.3, -0.25) is 4.79 Å². The molecular weight excluding hydrogens is 300 g/mol. The lowest BCUT2D eigenvalue weighted by Gasteiger charge is -2.03. The molecule has 0 aliphatic rings. The molecule has 0 fully saturated rings. The molecule has 0 aliphatic carbocycles. The summed E-state index contributed by atoms with van der Waals surface area (Å²) in [7, 11) is 0. The molecule has 3 rings (SSSR count). The second kappa shape index (κ2) is 6.41. The lowest BCUT2D eigenvalue weighted by molar-refractivity contribution is -0.115. The molecule has 0 spiro atoms. The number of rotatable bonds is 4. The number of hydrogen-bond acceptors (Lipinski definition) is 3. The summed E-state index contributed by atoms with van der Waals surface area (Å²) in [5, 5.41) is 7.49. The van der Waals surface area contributed by atoms with Crippen LogP contribution >= 0.6 is 11.6 Å². The van der Waals surface area contributed by atoms with Crippen LogP contribution in [-0.2, 0) is 11.2 Å². The summed E-state index contributed by atoms with van der Waals surface area (Å²) in [6.45, 7) is 0. The Balaban J connectivity index is 1.66. The monoisotopic (exact) mass is 312 g/mol. The van der Waals surface area contributed by atoms with Crippen LogP contribution in [0.4, 0.5) is 5.82 Å². The van der Waals surface area contributed by atoms with Gasteiger partial charge in [0.2, 0.25) is 5.91 Å². The molecule has 0 radical (unpaired) electrons. The molecule has 5 nitrogen and oxygen atoms in total. The lowest BCUT2D eigenvalue weighted by Crippen LogP contribution is -2.14. The van der Waals surface area contributed by atoms with Gasteiger partial charge in [0.15, 0.2) is 5.82 Å². The molecule has 1 N–H and O–H groups in total. The number of benzene rings is 1. The molecule has 0 saturated heterocycles. The number of carbonyl (C=O) groups is 1. The highest BCUT2D eigenvalue weighted by atomic mass is 35.5. The molecule has 1 amide bonds. The van der Waals surface area contributed by atoms with E-state index >= 15 is 0 Å². The number of pyridine rings is 1. The Hall–Kier alpha value is -2.66. The van der Waals surface area contributed by atoms with Crippen molar-refractivity contribution in [3.8, 4) is 5.69 Å². The summed E-state index contributed by atoms with van der Waals surface area (Å²) in [5.41, 5.74) is 1.73. The Morgan fingerprint density at radius 1 is 1.14 bits per heavy atom. The Kier molecular flexibility index (Phi) is 4.16. The smallest absolute Gasteiger partial charge is 0.229 e. The maximum absolute atomic E-state index is 12.0. The molecular formula is C16H13ClN4O. The molecule has 0 saturated carbocycles. The van der Waals surface area contributed by atoms with Crippen LogP contribution in [0.2, 0.25) is 5.15 Å². The minimum absolute atomic E-state index is 0.106. The van der Waals surface area contributed by atoms with E-state index in [1.165, 1.54) is 0 Å². The third-order valence-corrected chi connectivity index (χ3v) is 3.26. The minimum atomic E-state index is -0.106. The van der Waals surface area contributed by atoms with E-state index in [1.54, 1.807) is 35.3 Å². The van der Waals surface area contributed by atoms with Crippen LogP contribution in [0.1, 0.15) is 5.56 Å². The maximum atomic E-state index is 12.0. The maximum Gasteiger partial charge on any atom is 0.229 e. The number of aromatic nitrogens is 3. The molecule has 22 heavy (non-hydrogen) atoms. The number of halogens is 1. The first-order valence-electron chi connectivity index (χ1n) is 6.72. The van der Waals surface area contributed by atoms with Crippen molar-refractivity contribution in [1.82, 2.24) is 14.8 Å². The quantitative estimate of drug-likeness (QED) is 0.753. The van der Waals surface area contributed by atoms with Crippen molar-refractivity contribution in [3.63, 3.8) is 0 Å². The number of nitrogens with one attached hydrogen (secondary N) is 1. The van der Waals surface area contributed by atoms with Crippen molar-refractivity contribution >= 4 is 23.3 Å². The average molecular weight is 313 g/mol. The van der Waals surface area contributed by atoms with E-state index in [0.717, 1.165) is 11.3 Å². The second-order valence-electron chi connectivity index (χ2n) is 4.70. The van der Waals surface area contributed by atoms with Gasteiger partial charge in [-0.15, -0.1) is 0 Å². The highest BCUT2D eigenvalue weighted by Crippen LogP contribution is 2.12. The van der Waals surface area contributed by atoms with Crippen LogP contribution in [0.25, 0.3) is 5.69 Å². The van der Waals surface area contributed by atoms with E-state index in [2.05, 4.69) is 15.4 Å². The molecule has 6 heteroatoms. The fourth-order valence-electron chi connectivity index (χ4n) is 2.01. The molecule has 0 bridgehead atoms. The van der Waals surface area contributed by atoms with E-state index in [4.69, 9.17) is 11.6 Å². The number of hydrogen-bond donors (Lipinski definition) is 1. The summed E-state index contributed by atoms with van der Waals surface area (Å²) in [6.07, 6.45) is 3.68. The van der Waals surface area contributed by atoms with Crippen LogP contribution in [-0.4, -0.2) is 20.7 Å². The highest BCUT2D eigenvalue weighted by Gasteiger charge is 2.07. The summed E-state index contributed by atoms with van der Waals surface area (Å²) in [5.74, 6) is 0.390. The number of carbonyl (C=O) groups excluding carboxylic acids is 1. The Bertz CT molecular complexity index is 768. The zero-order chi connectivity index (χ0) is 15.4. The first kappa shape index (κ1) is 14.3. The third-order valence-electron chi connectivity index (χ3n) is 3.04. The van der Waals surface area contributed by atoms with Crippen LogP contribution in [0.15, 0.2) is 60.9 Å². The fraction of sp³-hybridized carbons (Fsp3) is 0.0625. The van der Waals surface area contributed by atoms with Gasteiger partial charge in [-0.05, 0) is 17.7 Å². The fourth-order valence-corrected chi connectivity index (χ4v) is 2.12. The Morgan fingerprint density at radius 3 is 2.68 bits per heavy atom. The minimum Gasteiger partial charge on any atom is -0.309 e. The third kappa shape index (κ3) is 3.51. The number of anilines is 1. The van der Waals surface area contributed by atoms with Gasteiger partial charge >= 0.3 is 0 Å². The number of nitrogens with zero attached hydrogens (tertiary/aromatic N) is 3. The molecule has 3 aromatic rings. The lowest BCUT2D eigenvalue weighted by atomic mass is 10.1. The van der Waals surface area contributed by atoms with E-state index in [0.29, 0.717) is 17.4 Å². The van der Waals surface area contributed by atoms with Crippen molar-refractivity contribution in [2.75, 3.05) is 5.32 Å². The van der Waals surface area contributed by atoms with Gasteiger partial charge in [-0.2, -0.15) is 5.10 Å². The molecule has 0 atom stereocenters. The summed E-state index contributed by atoms with van der Waals surface area (Å²) < 4.78 is 1.63. The second-order valence-corrected chi connectivity index (χ2v) is 5.08. The van der Waals surface area contributed by atoms with Gasteiger partial charge in [-0.1, -0.05) is 41.9 Å². The molecule has 2 aromatic heterocycles. The van der Waals surface area contributed by atoms with E-state index < -0.39 is 0 Å². The predicted octanol–water partition coefficient (Wildman–Crippen LogP) is 3.10. The first-order chi connectivity index (χ1) is 10.7. The zero-order valence-corrected chi connectivity index (χ0v) is 12.4. The van der Waals surface area contributed by atoms with Gasteiger partial charge in [0.25, 0.3) is 0 Å². The Morgan fingerprint density at radius 2 is 1.95 bits per heavy atom. The summed E-state index contributed by atoms with van der Waals surface area (Å²) >= 11 is 5.75. The summed E-state index contributed by atoms with van der Waals surface area (Å²) in [4.78, 5) is 16.0. The van der Waals surface area contributed by atoms with Gasteiger partial charge in [0, 0.05) is 12.3 Å². The summed E-state index contributed by atoms with van der Waals surface area (Å²) in [6, 6.07) is 14.8. The van der Waals surface area contributed by atoms with Crippen molar-refractivity contribution in [1.29, 1.82) is 0 Å². The van der Waals surface area contributed by atoms with E-state index in [1.807, 2.05) is 30.3 Å². The normalized spacial score (nSPS) is 10.4. The Labute approximate surface area is 132 Å². The molecule has 0 unspecified atom stereocenters. The van der Waals surface area contributed by atoms with Gasteiger partial charge in [0.1, 0.15) is 5.15 Å². The topological polar surface area (TPSA) is 59.8 Å². The highest BCUT2D eigenvalue weighted by molar-refractivity contribution is 6.29. The van der Waals surface area contributed by atoms with Crippen LogP contribution in [0, 0.1) is 0 Å². The molecule has 0 aliphatic heterocycles. The van der Waals surface area contributed by atoms with Crippen LogP contribution in [0.3, 0.4) is 0 Å². The largest absolute Gasteiger partial charge is 0.309 e.